The molecule has 7 heteroatoms. The van der Waals surface area contributed by atoms with Crippen molar-refractivity contribution in [3.63, 3.8) is 0 Å². The molecule has 0 spiro atoms. The van der Waals surface area contributed by atoms with Crippen molar-refractivity contribution < 1.29 is 24.6 Å². The first-order chi connectivity index (χ1) is 9.43. The minimum absolute atomic E-state index is 0.0246. The van der Waals surface area contributed by atoms with Crippen LogP contribution in [0, 0.1) is 5.92 Å². The van der Waals surface area contributed by atoms with Crippen LogP contribution in [0.2, 0.25) is 0 Å². The Bertz CT molecular complexity index is 586. The molecule has 1 aromatic carbocycles. The van der Waals surface area contributed by atoms with Gasteiger partial charge in [-0.05, 0) is 24.1 Å². The Morgan fingerprint density at radius 2 is 1.90 bits per heavy atom. The summed E-state index contributed by atoms with van der Waals surface area (Å²) >= 11 is 5.72. The normalized spacial score (nSPS) is 18.4. The molecule has 1 atom stereocenters. The van der Waals surface area contributed by atoms with Gasteiger partial charge in [0.2, 0.25) is 5.91 Å². The summed E-state index contributed by atoms with van der Waals surface area (Å²) < 4.78 is 0. The van der Waals surface area contributed by atoms with Crippen LogP contribution in [0.1, 0.15) is 27.1 Å². The monoisotopic (exact) mass is 297 g/mol. The molecule has 1 aromatic rings. The summed E-state index contributed by atoms with van der Waals surface area (Å²) in [5, 5.41) is 18.0. The van der Waals surface area contributed by atoms with Gasteiger partial charge in [0, 0.05) is 24.5 Å². The quantitative estimate of drug-likeness (QED) is 0.824. The van der Waals surface area contributed by atoms with Crippen molar-refractivity contribution in [1.29, 1.82) is 0 Å². The number of carbonyl (C=O) groups is 3. The molecule has 1 aliphatic heterocycles. The third kappa shape index (κ3) is 2.60. The maximum atomic E-state index is 11.8. The predicted molar refractivity (Wildman–Crippen MR) is 71.5 cm³/mol. The van der Waals surface area contributed by atoms with Crippen LogP contribution in [-0.2, 0) is 4.79 Å². The molecular weight excluding hydrogens is 286 g/mol. The van der Waals surface area contributed by atoms with Gasteiger partial charge in [0.25, 0.3) is 0 Å². The Labute approximate surface area is 119 Å². The van der Waals surface area contributed by atoms with Crippen LogP contribution in [0.5, 0.6) is 0 Å². The Morgan fingerprint density at radius 3 is 2.40 bits per heavy atom. The zero-order valence-electron chi connectivity index (χ0n) is 10.4. The van der Waals surface area contributed by atoms with Gasteiger partial charge in [-0.3, -0.25) is 4.79 Å². The van der Waals surface area contributed by atoms with E-state index < -0.39 is 11.9 Å². The van der Waals surface area contributed by atoms with Crippen LogP contribution >= 0.6 is 11.6 Å². The van der Waals surface area contributed by atoms with E-state index in [1.807, 2.05) is 0 Å². The Kier molecular flexibility index (Phi) is 3.94. The fraction of sp³-hybridized carbons (Fsp3) is 0.308. The molecule has 20 heavy (non-hydrogen) atoms. The lowest BCUT2D eigenvalue weighted by Crippen LogP contribution is -2.25. The number of carboxylic acids is 2. The lowest BCUT2D eigenvalue weighted by atomic mass is 10.1. The molecule has 0 aromatic heterocycles. The largest absolute Gasteiger partial charge is 0.478 e. The number of nitrogens with zero attached hydrogens (tertiary/aromatic N) is 1. The van der Waals surface area contributed by atoms with Crippen molar-refractivity contribution in [2.75, 3.05) is 17.3 Å². The van der Waals surface area contributed by atoms with Gasteiger partial charge in [-0.2, -0.15) is 0 Å². The molecule has 0 bridgehead atoms. The Hall–Kier alpha value is -2.08. The lowest BCUT2D eigenvalue weighted by molar-refractivity contribution is -0.117. The molecule has 1 unspecified atom stereocenters. The van der Waals surface area contributed by atoms with E-state index in [-0.39, 0.29) is 23.0 Å². The number of halogens is 1. The smallest absolute Gasteiger partial charge is 0.336 e. The number of alkyl halides is 1. The first kappa shape index (κ1) is 14.3. The number of carbonyl (C=O) groups excluding carboxylic acids is 1. The van der Waals surface area contributed by atoms with E-state index in [2.05, 4.69) is 0 Å². The van der Waals surface area contributed by atoms with Gasteiger partial charge in [0.15, 0.2) is 0 Å². The zero-order chi connectivity index (χ0) is 14.9. The average Bonchev–Trinajstić information content (AvgIpc) is 2.79. The summed E-state index contributed by atoms with van der Waals surface area (Å²) in [5.74, 6) is -2.43. The molecule has 6 nitrogen and oxygen atoms in total. The van der Waals surface area contributed by atoms with Crippen molar-refractivity contribution in [1.82, 2.24) is 0 Å². The van der Waals surface area contributed by atoms with Crippen molar-refractivity contribution in [2.45, 2.75) is 6.42 Å². The van der Waals surface area contributed by atoms with Gasteiger partial charge in [-0.15, -0.1) is 11.6 Å². The summed E-state index contributed by atoms with van der Waals surface area (Å²) in [4.78, 5) is 35.4. The maximum Gasteiger partial charge on any atom is 0.336 e. The molecule has 1 heterocycles. The Morgan fingerprint density at radius 1 is 1.25 bits per heavy atom. The highest BCUT2D eigenvalue weighted by Crippen LogP contribution is 2.27. The second-order valence-electron chi connectivity index (χ2n) is 4.57. The van der Waals surface area contributed by atoms with E-state index in [1.54, 1.807) is 0 Å². The van der Waals surface area contributed by atoms with Crippen LogP contribution in [-0.4, -0.2) is 40.5 Å². The van der Waals surface area contributed by atoms with Gasteiger partial charge in [-0.1, -0.05) is 0 Å². The Balaban J connectivity index is 2.39. The SMILES string of the molecule is O=C(O)c1ccc(N2CC(CCl)CC2=O)cc1C(=O)O. The second-order valence-corrected chi connectivity index (χ2v) is 4.88. The molecule has 106 valence electrons. The zero-order valence-corrected chi connectivity index (χ0v) is 11.1. The summed E-state index contributed by atoms with van der Waals surface area (Å²) in [5.41, 5.74) is -0.260. The van der Waals surface area contributed by atoms with Gasteiger partial charge in [-0.25, -0.2) is 9.59 Å². The van der Waals surface area contributed by atoms with Gasteiger partial charge in [0.1, 0.15) is 0 Å². The number of anilines is 1. The van der Waals surface area contributed by atoms with Crippen LogP contribution in [0.3, 0.4) is 0 Å². The highest BCUT2D eigenvalue weighted by Gasteiger charge is 2.31. The molecule has 1 amide bonds. The highest BCUT2D eigenvalue weighted by atomic mass is 35.5. The first-order valence-corrected chi connectivity index (χ1v) is 6.44. The van der Waals surface area contributed by atoms with Crippen LogP contribution < -0.4 is 4.90 Å². The number of hydrogen-bond acceptors (Lipinski definition) is 3. The van der Waals surface area contributed by atoms with E-state index in [0.29, 0.717) is 24.5 Å². The van der Waals surface area contributed by atoms with Gasteiger partial charge < -0.3 is 15.1 Å². The van der Waals surface area contributed by atoms with E-state index in [4.69, 9.17) is 21.8 Å². The van der Waals surface area contributed by atoms with Crippen molar-refractivity contribution in [2.24, 2.45) is 5.92 Å². The standard InChI is InChI=1S/C13H12ClNO5/c14-5-7-3-11(16)15(6-7)8-1-2-9(12(17)18)10(4-8)13(19)20/h1-2,4,7H,3,5-6H2,(H,17,18)(H,19,20). The fourth-order valence-electron chi connectivity index (χ4n) is 2.20. The molecule has 0 saturated carbocycles. The molecule has 0 aliphatic carbocycles. The third-order valence-electron chi connectivity index (χ3n) is 3.20. The van der Waals surface area contributed by atoms with Crippen molar-refractivity contribution in [3.05, 3.63) is 29.3 Å². The van der Waals surface area contributed by atoms with E-state index in [1.165, 1.54) is 23.1 Å². The minimum Gasteiger partial charge on any atom is -0.478 e. The summed E-state index contributed by atoms with van der Waals surface area (Å²) in [7, 11) is 0. The topological polar surface area (TPSA) is 94.9 Å². The molecule has 2 rings (SSSR count). The van der Waals surface area contributed by atoms with E-state index in [9.17, 15) is 14.4 Å². The molecule has 1 aliphatic rings. The van der Waals surface area contributed by atoms with Crippen LogP contribution in [0.15, 0.2) is 18.2 Å². The fourth-order valence-corrected chi connectivity index (χ4v) is 2.40. The molecular formula is C13H12ClNO5. The van der Waals surface area contributed by atoms with E-state index >= 15 is 0 Å². The maximum absolute atomic E-state index is 11.8. The molecule has 2 N–H and O–H groups in total. The number of carboxylic acid groups (broad SMARTS) is 2. The van der Waals surface area contributed by atoms with E-state index in [0.717, 1.165) is 0 Å². The number of amides is 1. The highest BCUT2D eigenvalue weighted by molar-refractivity contribution is 6.18. The number of rotatable bonds is 4. The number of benzene rings is 1. The minimum atomic E-state index is -1.34. The van der Waals surface area contributed by atoms with Crippen molar-refractivity contribution in [3.8, 4) is 0 Å². The predicted octanol–water partition coefficient (Wildman–Crippen LogP) is 1.67. The lowest BCUT2D eigenvalue weighted by Gasteiger charge is -2.17. The average molecular weight is 298 g/mol. The number of aromatic carboxylic acids is 2. The van der Waals surface area contributed by atoms with Gasteiger partial charge >= 0.3 is 11.9 Å². The second kappa shape index (κ2) is 5.50. The summed E-state index contributed by atoms with van der Waals surface area (Å²) in [6.45, 7) is 0.411. The number of hydrogen-bond donors (Lipinski definition) is 2. The van der Waals surface area contributed by atoms with Crippen molar-refractivity contribution >= 4 is 35.1 Å². The summed E-state index contributed by atoms with van der Waals surface area (Å²) in [6.07, 6.45) is 0.312. The summed E-state index contributed by atoms with van der Waals surface area (Å²) in [6, 6.07) is 3.84. The molecule has 1 fully saturated rings. The third-order valence-corrected chi connectivity index (χ3v) is 3.64. The molecule has 0 radical (unpaired) electrons. The van der Waals surface area contributed by atoms with Gasteiger partial charge in [0.05, 0.1) is 11.1 Å². The van der Waals surface area contributed by atoms with Crippen LogP contribution in [0.25, 0.3) is 0 Å². The van der Waals surface area contributed by atoms with Crippen LogP contribution in [0.4, 0.5) is 5.69 Å². The first-order valence-electron chi connectivity index (χ1n) is 5.91. The molecule has 1 saturated heterocycles.